The van der Waals surface area contributed by atoms with Gasteiger partial charge in [0, 0.05) is 12.8 Å². The van der Waals surface area contributed by atoms with Gasteiger partial charge in [0.1, 0.15) is 12.7 Å². The molecule has 0 amide bonds. The molecule has 0 radical (unpaired) electrons. The molecule has 40 heavy (non-hydrogen) atoms. The molecule has 3 N–H and O–H groups in total. The number of phosphoric acid groups is 1. The van der Waals surface area contributed by atoms with Crippen molar-refractivity contribution in [2.75, 3.05) is 26.4 Å². The Morgan fingerprint density at radius 3 is 1.82 bits per heavy atom. The van der Waals surface area contributed by atoms with E-state index in [1.54, 1.807) is 0 Å². The number of phosphoric ester groups is 1. The lowest BCUT2D eigenvalue weighted by atomic mass is 10.1. The third kappa shape index (κ3) is 25.7. The van der Waals surface area contributed by atoms with Crippen LogP contribution in [0.4, 0.5) is 0 Å². The van der Waals surface area contributed by atoms with Gasteiger partial charge in [-0.2, -0.15) is 0 Å². The Hall–Kier alpha value is -1.29. The molecule has 3 unspecified atom stereocenters. The molecule has 236 valence electrons. The van der Waals surface area contributed by atoms with Gasteiger partial charge < -0.3 is 24.6 Å². The van der Waals surface area contributed by atoms with Crippen LogP contribution in [0, 0.1) is 0 Å². The molecule has 0 aromatic rings. The molecule has 0 aromatic heterocycles. The zero-order chi connectivity index (χ0) is 29.9. The fourth-order valence-electron chi connectivity index (χ4n) is 3.75. The lowest BCUT2D eigenvalue weighted by Gasteiger charge is -2.20. The maximum atomic E-state index is 12.4. The number of hydrogen-bond donors (Lipinski definition) is 3. The molecule has 0 heterocycles. The molecule has 0 aliphatic rings. The van der Waals surface area contributed by atoms with E-state index in [-0.39, 0.29) is 19.4 Å². The molecule has 0 aliphatic carbocycles. The maximum absolute atomic E-state index is 12.4. The number of ether oxygens (including phenoxy) is 2. The molecule has 0 saturated heterocycles. The zero-order valence-electron chi connectivity index (χ0n) is 24.8. The van der Waals surface area contributed by atoms with Gasteiger partial charge in [0.05, 0.1) is 19.8 Å². The van der Waals surface area contributed by atoms with Gasteiger partial charge in [-0.1, -0.05) is 83.8 Å². The Labute approximate surface area is 241 Å². The van der Waals surface area contributed by atoms with Crippen molar-refractivity contribution in [1.82, 2.24) is 0 Å². The third-order valence-electron chi connectivity index (χ3n) is 6.17. The number of unbranched alkanes of at least 4 members (excludes halogenated alkanes) is 12. The molecule has 0 aliphatic heterocycles. The van der Waals surface area contributed by atoms with Crippen LogP contribution in [0.3, 0.4) is 0 Å². The molecule has 0 saturated carbocycles. The Bertz CT molecular complexity index is 700. The van der Waals surface area contributed by atoms with Crippen LogP contribution in [-0.2, 0) is 32.7 Å². The number of aliphatic hydroxyl groups is 2. The van der Waals surface area contributed by atoms with Crippen LogP contribution in [0.1, 0.15) is 123 Å². The molecule has 0 bridgehead atoms. The van der Waals surface area contributed by atoms with Crippen LogP contribution in [0.25, 0.3) is 0 Å². The van der Waals surface area contributed by atoms with Crippen molar-refractivity contribution >= 4 is 19.8 Å². The second kappa shape index (κ2) is 26.6. The SMILES string of the molecule is CCCCCC/C=C\CCCCCCCC(=O)OC(COC(=O)CCCCCC)COP(=O)(O)OCC(O)CO. The van der Waals surface area contributed by atoms with E-state index < -0.39 is 51.8 Å². The first kappa shape index (κ1) is 38.7. The quantitative estimate of drug-likeness (QED) is 0.0416. The molecule has 3 atom stereocenters. The first-order valence-electron chi connectivity index (χ1n) is 15.1. The van der Waals surface area contributed by atoms with E-state index in [1.807, 2.05) is 0 Å². The highest BCUT2D eigenvalue weighted by molar-refractivity contribution is 7.47. The van der Waals surface area contributed by atoms with Gasteiger partial charge in [0.15, 0.2) is 6.10 Å². The van der Waals surface area contributed by atoms with Crippen LogP contribution in [0.2, 0.25) is 0 Å². The Kier molecular flexibility index (Phi) is 25.7. The molecule has 0 aromatic carbocycles. The van der Waals surface area contributed by atoms with Crippen LogP contribution >= 0.6 is 7.82 Å². The summed E-state index contributed by atoms with van der Waals surface area (Å²) < 4.78 is 32.1. The summed E-state index contributed by atoms with van der Waals surface area (Å²) in [6.07, 6.45) is 18.3. The van der Waals surface area contributed by atoms with Gasteiger partial charge in [-0.15, -0.1) is 0 Å². The Morgan fingerprint density at radius 1 is 0.725 bits per heavy atom. The van der Waals surface area contributed by atoms with E-state index in [0.29, 0.717) is 12.8 Å². The zero-order valence-corrected chi connectivity index (χ0v) is 25.7. The standard InChI is InChI=1S/C29H55O10P/c1-3-5-7-9-10-11-12-13-14-15-16-17-19-21-29(33)39-27(24-36-28(32)20-18-8-6-4-2)25-38-40(34,35)37-23-26(31)22-30/h11-12,26-27,30-31H,3-10,13-25H2,1-2H3,(H,34,35)/b12-11-. The van der Waals surface area contributed by atoms with E-state index >= 15 is 0 Å². The summed E-state index contributed by atoms with van der Waals surface area (Å²) in [5.74, 6) is -0.957. The number of carbonyl (C=O) groups excluding carboxylic acids is 2. The largest absolute Gasteiger partial charge is 0.472 e. The number of rotatable bonds is 28. The summed E-state index contributed by atoms with van der Waals surface area (Å²) in [6.45, 7) is 2.17. The van der Waals surface area contributed by atoms with Gasteiger partial charge >= 0.3 is 19.8 Å². The first-order valence-corrected chi connectivity index (χ1v) is 16.6. The summed E-state index contributed by atoms with van der Waals surface area (Å²) in [5, 5.41) is 18.1. The van der Waals surface area contributed by atoms with Gasteiger partial charge in [-0.05, 0) is 38.5 Å². The van der Waals surface area contributed by atoms with Crippen LogP contribution in [0.5, 0.6) is 0 Å². The topological polar surface area (TPSA) is 149 Å². The number of esters is 2. The van der Waals surface area contributed by atoms with Gasteiger partial charge in [-0.25, -0.2) is 4.57 Å². The minimum absolute atomic E-state index is 0.176. The van der Waals surface area contributed by atoms with Crippen molar-refractivity contribution < 1.29 is 47.8 Å². The fourth-order valence-corrected chi connectivity index (χ4v) is 4.54. The highest BCUT2D eigenvalue weighted by atomic mass is 31.2. The first-order chi connectivity index (χ1) is 19.2. The van der Waals surface area contributed by atoms with Crippen molar-refractivity contribution in [2.45, 2.75) is 135 Å². The summed E-state index contributed by atoms with van der Waals surface area (Å²) in [5.41, 5.74) is 0. The van der Waals surface area contributed by atoms with Crippen molar-refractivity contribution in [3.8, 4) is 0 Å². The second-order valence-electron chi connectivity index (χ2n) is 10.1. The molecular formula is C29H55O10P. The Morgan fingerprint density at radius 2 is 1.23 bits per heavy atom. The monoisotopic (exact) mass is 594 g/mol. The fraction of sp³-hybridized carbons (Fsp3) is 0.862. The highest BCUT2D eigenvalue weighted by Gasteiger charge is 2.27. The third-order valence-corrected chi connectivity index (χ3v) is 7.12. The predicted octanol–water partition coefficient (Wildman–Crippen LogP) is 6.16. The summed E-state index contributed by atoms with van der Waals surface area (Å²) in [4.78, 5) is 34.2. The number of hydrogen-bond acceptors (Lipinski definition) is 9. The van der Waals surface area contributed by atoms with E-state index in [1.165, 1.54) is 25.7 Å². The average Bonchev–Trinajstić information content (AvgIpc) is 2.93. The van der Waals surface area contributed by atoms with Crippen molar-refractivity contribution in [2.24, 2.45) is 0 Å². The average molecular weight is 595 g/mol. The molecule has 0 fully saturated rings. The van der Waals surface area contributed by atoms with E-state index in [9.17, 15) is 24.2 Å². The van der Waals surface area contributed by atoms with Crippen molar-refractivity contribution in [1.29, 1.82) is 0 Å². The van der Waals surface area contributed by atoms with Crippen molar-refractivity contribution in [3.63, 3.8) is 0 Å². The van der Waals surface area contributed by atoms with E-state index in [2.05, 4.69) is 30.5 Å². The maximum Gasteiger partial charge on any atom is 0.472 e. The minimum atomic E-state index is -4.59. The van der Waals surface area contributed by atoms with Gasteiger partial charge in [0.2, 0.25) is 0 Å². The molecule has 10 nitrogen and oxygen atoms in total. The van der Waals surface area contributed by atoms with Gasteiger partial charge in [-0.3, -0.25) is 18.6 Å². The van der Waals surface area contributed by atoms with Gasteiger partial charge in [0.25, 0.3) is 0 Å². The number of carbonyl (C=O) groups is 2. The van der Waals surface area contributed by atoms with E-state index in [4.69, 9.17) is 19.1 Å². The summed E-state index contributed by atoms with van der Waals surface area (Å²) >= 11 is 0. The smallest absolute Gasteiger partial charge is 0.462 e. The summed E-state index contributed by atoms with van der Waals surface area (Å²) in [6, 6.07) is 0. The molecule has 0 spiro atoms. The second-order valence-corrected chi connectivity index (χ2v) is 11.6. The minimum Gasteiger partial charge on any atom is -0.462 e. The van der Waals surface area contributed by atoms with E-state index in [0.717, 1.165) is 57.8 Å². The number of aliphatic hydroxyl groups excluding tert-OH is 2. The molecule has 0 rings (SSSR count). The van der Waals surface area contributed by atoms with Crippen LogP contribution in [0.15, 0.2) is 12.2 Å². The van der Waals surface area contributed by atoms with Crippen molar-refractivity contribution in [3.05, 3.63) is 12.2 Å². The Balaban J connectivity index is 4.39. The summed E-state index contributed by atoms with van der Waals surface area (Å²) in [7, 11) is -4.59. The van der Waals surface area contributed by atoms with Crippen LogP contribution in [-0.4, -0.2) is 65.7 Å². The normalized spacial score (nSPS) is 14.6. The van der Waals surface area contributed by atoms with Crippen LogP contribution < -0.4 is 0 Å². The molecule has 11 heteroatoms. The number of allylic oxidation sites excluding steroid dienone is 2. The molecular weight excluding hydrogens is 539 g/mol. The highest BCUT2D eigenvalue weighted by Crippen LogP contribution is 2.43. The lowest BCUT2D eigenvalue weighted by molar-refractivity contribution is -0.161. The predicted molar refractivity (Wildman–Crippen MR) is 155 cm³/mol. The lowest BCUT2D eigenvalue weighted by Crippen LogP contribution is -2.29.